The largest absolute Gasteiger partial charge is 0.396 e. The summed E-state index contributed by atoms with van der Waals surface area (Å²) in [5.74, 6) is 0.579. The monoisotopic (exact) mass is 237 g/mol. The normalized spacial score (nSPS) is 14.4. The smallest absolute Gasteiger partial charge is 0.0633 e. The highest BCUT2D eigenvalue weighted by Gasteiger charge is 2.07. The minimum absolute atomic E-state index is 0.0354. The lowest BCUT2D eigenvalue weighted by atomic mass is 9.98. The molecule has 0 aromatic heterocycles. The number of hydrogen-bond acceptors (Lipinski definition) is 3. The highest BCUT2D eigenvalue weighted by Crippen LogP contribution is 2.20. The molecule has 17 heavy (non-hydrogen) atoms. The van der Waals surface area contributed by atoms with Crippen molar-refractivity contribution in [3.8, 4) is 0 Å². The van der Waals surface area contributed by atoms with E-state index in [2.05, 4.69) is 31.3 Å². The first-order valence-electron chi connectivity index (χ1n) is 6.29. The van der Waals surface area contributed by atoms with Gasteiger partial charge in [0.1, 0.15) is 0 Å². The van der Waals surface area contributed by atoms with Gasteiger partial charge in [-0.1, -0.05) is 26.0 Å². The number of aliphatic hydroxyl groups is 2. The fraction of sp³-hybridized carbons (Fsp3) is 0.571. The van der Waals surface area contributed by atoms with Crippen LogP contribution in [0.5, 0.6) is 0 Å². The molecule has 3 N–H and O–H groups in total. The molecule has 1 rings (SSSR count). The lowest BCUT2D eigenvalue weighted by molar-refractivity contribution is 0.229. The van der Waals surface area contributed by atoms with Crippen LogP contribution in [0.2, 0.25) is 0 Å². The van der Waals surface area contributed by atoms with Gasteiger partial charge in [-0.25, -0.2) is 0 Å². The molecule has 0 saturated heterocycles. The van der Waals surface area contributed by atoms with Crippen LogP contribution in [-0.2, 0) is 0 Å². The fourth-order valence-electron chi connectivity index (χ4n) is 1.74. The van der Waals surface area contributed by atoms with Crippen molar-refractivity contribution < 1.29 is 10.2 Å². The van der Waals surface area contributed by atoms with Gasteiger partial charge in [-0.15, -0.1) is 0 Å². The van der Waals surface area contributed by atoms with E-state index in [0.717, 1.165) is 12.1 Å². The van der Waals surface area contributed by atoms with Crippen molar-refractivity contribution >= 4 is 5.69 Å². The van der Waals surface area contributed by atoms with E-state index in [-0.39, 0.29) is 19.3 Å². The van der Waals surface area contributed by atoms with Gasteiger partial charge >= 0.3 is 0 Å². The van der Waals surface area contributed by atoms with Crippen molar-refractivity contribution in [3.63, 3.8) is 0 Å². The molecule has 1 aromatic carbocycles. The summed E-state index contributed by atoms with van der Waals surface area (Å²) in [6, 6.07) is 8.21. The standard InChI is InChI=1S/C14H23NO2/c1-3-11(2)12-4-6-13(7-5-12)15-14(10-17)8-9-16/h4-7,11,14-17H,3,8-10H2,1-2H3. The van der Waals surface area contributed by atoms with Crippen molar-refractivity contribution in [3.05, 3.63) is 29.8 Å². The average molecular weight is 237 g/mol. The van der Waals surface area contributed by atoms with Gasteiger partial charge in [-0.05, 0) is 36.5 Å². The van der Waals surface area contributed by atoms with E-state index < -0.39 is 0 Å². The first-order chi connectivity index (χ1) is 8.21. The molecule has 3 heteroatoms. The summed E-state index contributed by atoms with van der Waals surface area (Å²) in [6.45, 7) is 4.52. The Bertz CT molecular complexity index is 311. The maximum atomic E-state index is 9.13. The SMILES string of the molecule is CCC(C)c1ccc(NC(CO)CCO)cc1. The van der Waals surface area contributed by atoms with Crippen LogP contribution in [0.3, 0.4) is 0 Å². The van der Waals surface area contributed by atoms with E-state index in [9.17, 15) is 0 Å². The third-order valence-corrected chi connectivity index (χ3v) is 3.16. The Morgan fingerprint density at radius 2 is 1.82 bits per heavy atom. The van der Waals surface area contributed by atoms with Crippen molar-refractivity contribution in [2.24, 2.45) is 0 Å². The molecule has 1 aromatic rings. The highest BCUT2D eigenvalue weighted by molar-refractivity contribution is 5.46. The predicted molar refractivity (Wildman–Crippen MR) is 71.3 cm³/mol. The van der Waals surface area contributed by atoms with Crippen LogP contribution < -0.4 is 5.32 Å². The van der Waals surface area contributed by atoms with Crippen LogP contribution >= 0.6 is 0 Å². The summed E-state index contributed by atoms with van der Waals surface area (Å²) >= 11 is 0. The van der Waals surface area contributed by atoms with E-state index in [1.165, 1.54) is 5.56 Å². The Morgan fingerprint density at radius 3 is 2.29 bits per heavy atom. The van der Waals surface area contributed by atoms with Crippen LogP contribution in [0.15, 0.2) is 24.3 Å². The molecule has 0 amide bonds. The third kappa shape index (κ3) is 4.36. The zero-order chi connectivity index (χ0) is 12.7. The first kappa shape index (κ1) is 14.0. The molecule has 0 radical (unpaired) electrons. The molecular formula is C14H23NO2. The minimum atomic E-state index is -0.0746. The number of aliphatic hydroxyl groups excluding tert-OH is 2. The molecule has 2 atom stereocenters. The summed E-state index contributed by atoms with van der Waals surface area (Å²) < 4.78 is 0. The summed E-state index contributed by atoms with van der Waals surface area (Å²) in [5.41, 5.74) is 2.32. The Morgan fingerprint density at radius 1 is 1.18 bits per heavy atom. The van der Waals surface area contributed by atoms with E-state index >= 15 is 0 Å². The fourth-order valence-corrected chi connectivity index (χ4v) is 1.74. The van der Waals surface area contributed by atoms with Crippen LogP contribution in [0.1, 0.15) is 38.2 Å². The Balaban J connectivity index is 2.61. The molecule has 96 valence electrons. The van der Waals surface area contributed by atoms with Crippen LogP contribution in [0.4, 0.5) is 5.69 Å². The average Bonchev–Trinajstić information content (AvgIpc) is 2.38. The topological polar surface area (TPSA) is 52.5 Å². The summed E-state index contributed by atoms with van der Waals surface area (Å²) in [5, 5.41) is 21.2. The molecule has 0 heterocycles. The lowest BCUT2D eigenvalue weighted by Crippen LogP contribution is -2.24. The van der Waals surface area contributed by atoms with E-state index in [0.29, 0.717) is 12.3 Å². The van der Waals surface area contributed by atoms with Gasteiger partial charge in [0, 0.05) is 12.3 Å². The second-order valence-corrected chi connectivity index (χ2v) is 4.47. The molecule has 2 unspecified atom stereocenters. The van der Waals surface area contributed by atoms with Crippen LogP contribution in [0, 0.1) is 0 Å². The van der Waals surface area contributed by atoms with Crippen LogP contribution in [0.25, 0.3) is 0 Å². The number of nitrogens with one attached hydrogen (secondary N) is 1. The van der Waals surface area contributed by atoms with Gasteiger partial charge in [-0.2, -0.15) is 0 Å². The van der Waals surface area contributed by atoms with Gasteiger partial charge in [0.05, 0.1) is 12.6 Å². The second kappa shape index (κ2) is 7.30. The van der Waals surface area contributed by atoms with E-state index in [1.54, 1.807) is 0 Å². The maximum absolute atomic E-state index is 9.13. The summed E-state index contributed by atoms with van der Waals surface area (Å²) in [6.07, 6.45) is 1.69. The molecule has 3 nitrogen and oxygen atoms in total. The van der Waals surface area contributed by atoms with Gasteiger partial charge in [0.15, 0.2) is 0 Å². The van der Waals surface area contributed by atoms with E-state index in [4.69, 9.17) is 10.2 Å². The molecule has 0 saturated carbocycles. The molecule has 0 bridgehead atoms. The number of benzene rings is 1. The lowest BCUT2D eigenvalue weighted by Gasteiger charge is -2.17. The Kier molecular flexibility index (Phi) is 6.01. The van der Waals surface area contributed by atoms with Crippen molar-refractivity contribution in [2.75, 3.05) is 18.5 Å². The van der Waals surface area contributed by atoms with Crippen molar-refractivity contribution in [1.29, 1.82) is 0 Å². The number of hydrogen-bond donors (Lipinski definition) is 3. The minimum Gasteiger partial charge on any atom is -0.396 e. The molecular weight excluding hydrogens is 214 g/mol. The van der Waals surface area contributed by atoms with Gasteiger partial charge in [0.25, 0.3) is 0 Å². The summed E-state index contributed by atoms with van der Waals surface area (Å²) in [4.78, 5) is 0. The highest BCUT2D eigenvalue weighted by atomic mass is 16.3. The Hall–Kier alpha value is -1.06. The zero-order valence-corrected chi connectivity index (χ0v) is 10.7. The van der Waals surface area contributed by atoms with Gasteiger partial charge in [0.2, 0.25) is 0 Å². The molecule has 0 aliphatic heterocycles. The first-order valence-corrected chi connectivity index (χ1v) is 6.29. The van der Waals surface area contributed by atoms with Crippen molar-refractivity contribution in [1.82, 2.24) is 0 Å². The maximum Gasteiger partial charge on any atom is 0.0633 e. The molecule has 0 fully saturated rings. The van der Waals surface area contributed by atoms with Gasteiger partial charge in [-0.3, -0.25) is 0 Å². The second-order valence-electron chi connectivity index (χ2n) is 4.47. The number of rotatable bonds is 7. The zero-order valence-electron chi connectivity index (χ0n) is 10.7. The van der Waals surface area contributed by atoms with E-state index in [1.807, 2.05) is 12.1 Å². The van der Waals surface area contributed by atoms with Crippen LogP contribution in [-0.4, -0.2) is 29.5 Å². The Labute approximate surface area is 103 Å². The van der Waals surface area contributed by atoms with Gasteiger partial charge < -0.3 is 15.5 Å². The molecule has 0 spiro atoms. The summed E-state index contributed by atoms with van der Waals surface area (Å²) in [7, 11) is 0. The molecule has 0 aliphatic carbocycles. The molecule has 0 aliphatic rings. The van der Waals surface area contributed by atoms with Crippen molar-refractivity contribution in [2.45, 2.75) is 38.6 Å². The predicted octanol–water partition coefficient (Wildman–Crippen LogP) is 2.36. The number of anilines is 1. The third-order valence-electron chi connectivity index (χ3n) is 3.16. The quantitative estimate of drug-likeness (QED) is 0.682.